The van der Waals surface area contributed by atoms with E-state index in [0.717, 1.165) is 38.6 Å². The smallest absolute Gasteiger partial charge is 0.123 e. The van der Waals surface area contributed by atoms with Crippen LogP contribution in [0.4, 0.5) is 4.39 Å². The van der Waals surface area contributed by atoms with Crippen LogP contribution in [0, 0.1) is 11.7 Å². The molecule has 1 aliphatic carbocycles. The predicted molar refractivity (Wildman–Crippen MR) is 111 cm³/mol. The van der Waals surface area contributed by atoms with Gasteiger partial charge in [0.05, 0.1) is 6.20 Å². The molecule has 5 heteroatoms. The summed E-state index contributed by atoms with van der Waals surface area (Å²) in [5.41, 5.74) is 4.07. The van der Waals surface area contributed by atoms with Crippen LogP contribution in [-0.2, 0) is 20.1 Å². The van der Waals surface area contributed by atoms with Crippen molar-refractivity contribution in [1.82, 2.24) is 19.6 Å². The summed E-state index contributed by atoms with van der Waals surface area (Å²) >= 11 is 0. The van der Waals surface area contributed by atoms with Gasteiger partial charge in [-0.25, -0.2) is 4.39 Å². The van der Waals surface area contributed by atoms with Crippen LogP contribution in [0.5, 0.6) is 0 Å². The van der Waals surface area contributed by atoms with Crippen molar-refractivity contribution < 1.29 is 4.39 Å². The molecule has 152 valence electrons. The molecule has 2 heterocycles. The summed E-state index contributed by atoms with van der Waals surface area (Å²) in [5.74, 6) is 1.15. The van der Waals surface area contributed by atoms with Gasteiger partial charge in [-0.15, -0.1) is 0 Å². The van der Waals surface area contributed by atoms with Crippen molar-refractivity contribution in [2.24, 2.45) is 13.0 Å². The second kappa shape index (κ2) is 8.34. The molecule has 0 radical (unpaired) electrons. The number of rotatable bonds is 6. The molecule has 4 nitrogen and oxygen atoms in total. The van der Waals surface area contributed by atoms with Gasteiger partial charge in [0.15, 0.2) is 0 Å². The van der Waals surface area contributed by atoms with Crippen LogP contribution in [0.3, 0.4) is 0 Å². The zero-order valence-electron chi connectivity index (χ0n) is 17.4. The van der Waals surface area contributed by atoms with Crippen molar-refractivity contribution in [2.75, 3.05) is 19.6 Å². The number of nitrogens with zero attached hydrogens (tertiary/aromatic N) is 4. The minimum atomic E-state index is -0.158. The van der Waals surface area contributed by atoms with Gasteiger partial charge in [-0.2, -0.15) is 5.10 Å². The fraction of sp³-hybridized carbons (Fsp3) is 0.609. The molecular weight excluding hydrogens is 351 g/mol. The van der Waals surface area contributed by atoms with E-state index >= 15 is 0 Å². The number of halogens is 1. The van der Waals surface area contributed by atoms with Crippen LogP contribution in [-0.4, -0.2) is 45.3 Å². The van der Waals surface area contributed by atoms with Crippen LogP contribution in [0.15, 0.2) is 30.5 Å². The monoisotopic (exact) mass is 384 g/mol. The Balaban J connectivity index is 1.46. The van der Waals surface area contributed by atoms with E-state index in [4.69, 9.17) is 0 Å². The van der Waals surface area contributed by atoms with Gasteiger partial charge in [0.25, 0.3) is 0 Å². The maximum absolute atomic E-state index is 13.3. The first kappa shape index (κ1) is 19.6. The van der Waals surface area contributed by atoms with E-state index in [1.807, 2.05) is 12.1 Å². The van der Waals surface area contributed by atoms with Crippen molar-refractivity contribution in [3.63, 3.8) is 0 Å². The predicted octanol–water partition coefficient (Wildman–Crippen LogP) is 4.17. The lowest BCUT2D eigenvalue weighted by Crippen LogP contribution is -2.43. The van der Waals surface area contributed by atoms with Gasteiger partial charge < -0.3 is 0 Å². The van der Waals surface area contributed by atoms with Gasteiger partial charge in [0.1, 0.15) is 5.82 Å². The number of benzene rings is 1. The molecule has 4 rings (SSSR count). The lowest BCUT2D eigenvalue weighted by atomic mass is 10.0. The van der Waals surface area contributed by atoms with Crippen molar-refractivity contribution >= 4 is 0 Å². The molecule has 1 saturated heterocycles. The fourth-order valence-electron chi connectivity index (χ4n) is 4.67. The van der Waals surface area contributed by atoms with Gasteiger partial charge in [0, 0.05) is 56.4 Å². The molecular formula is C23H33FN4. The van der Waals surface area contributed by atoms with Crippen molar-refractivity contribution in [3.05, 3.63) is 53.1 Å². The Morgan fingerprint density at radius 1 is 1.11 bits per heavy atom. The van der Waals surface area contributed by atoms with Gasteiger partial charge in [-0.1, -0.05) is 26.0 Å². The molecule has 1 aliphatic heterocycles. The average molecular weight is 385 g/mol. The van der Waals surface area contributed by atoms with Gasteiger partial charge >= 0.3 is 0 Å². The molecule has 0 spiro atoms. The van der Waals surface area contributed by atoms with Crippen molar-refractivity contribution in [1.29, 1.82) is 0 Å². The Bertz CT molecular complexity index is 778. The normalized spacial score (nSPS) is 22.0. The summed E-state index contributed by atoms with van der Waals surface area (Å²) in [6.07, 6.45) is 5.88. The summed E-state index contributed by atoms with van der Waals surface area (Å²) in [6.45, 7) is 9.86. The Labute approximate surface area is 168 Å². The number of hydrogen-bond acceptors (Lipinski definition) is 3. The molecule has 28 heavy (non-hydrogen) atoms. The third kappa shape index (κ3) is 4.47. The molecule has 0 N–H and O–H groups in total. The lowest BCUT2D eigenvalue weighted by molar-refractivity contribution is 0.130. The third-order valence-corrected chi connectivity index (χ3v) is 6.32. The molecule has 0 bridgehead atoms. The molecule has 2 aliphatic rings. The molecule has 1 atom stereocenters. The number of aryl methyl sites for hydroxylation is 1. The molecule has 1 aromatic heterocycles. The van der Waals surface area contributed by atoms with Crippen molar-refractivity contribution in [2.45, 2.75) is 58.2 Å². The number of hydrogen-bond donors (Lipinski definition) is 0. The third-order valence-electron chi connectivity index (χ3n) is 6.32. The molecule has 2 aromatic rings. The highest BCUT2D eigenvalue weighted by molar-refractivity contribution is 5.25. The van der Waals surface area contributed by atoms with E-state index in [0.29, 0.717) is 12.0 Å². The summed E-state index contributed by atoms with van der Waals surface area (Å²) in [4.78, 5) is 5.22. The summed E-state index contributed by atoms with van der Waals surface area (Å²) < 4.78 is 15.4. The fourth-order valence-corrected chi connectivity index (χ4v) is 4.67. The van der Waals surface area contributed by atoms with Crippen LogP contribution in [0.1, 0.15) is 55.8 Å². The van der Waals surface area contributed by atoms with Gasteiger partial charge in [0.2, 0.25) is 0 Å². The SMILES string of the molecule is CC(C)C1CN(Cc2cnn(C)c2C2CC2)CCCN1Cc1ccc(F)cc1. The first-order chi connectivity index (χ1) is 13.5. The maximum atomic E-state index is 13.3. The standard InChI is InChI=1S/C23H33FN4/c1-17(2)22-16-27(15-20-13-25-26(3)23(20)19-7-8-19)11-4-12-28(22)14-18-5-9-21(24)10-6-18/h5-6,9-10,13,17,19,22H,4,7-8,11-12,14-16H2,1-3H3. The van der Waals surface area contributed by atoms with Crippen LogP contribution >= 0.6 is 0 Å². The van der Waals surface area contributed by atoms with Gasteiger partial charge in [-0.3, -0.25) is 14.5 Å². The quantitative estimate of drug-likeness (QED) is 0.747. The zero-order valence-corrected chi connectivity index (χ0v) is 17.4. The highest BCUT2D eigenvalue weighted by Gasteiger charge is 2.31. The Hall–Kier alpha value is -1.72. The first-order valence-corrected chi connectivity index (χ1v) is 10.7. The average Bonchev–Trinajstić information content (AvgIpc) is 3.45. The topological polar surface area (TPSA) is 24.3 Å². The Morgan fingerprint density at radius 2 is 1.86 bits per heavy atom. The van der Waals surface area contributed by atoms with Crippen LogP contribution < -0.4 is 0 Å². The maximum Gasteiger partial charge on any atom is 0.123 e. The largest absolute Gasteiger partial charge is 0.297 e. The summed E-state index contributed by atoms with van der Waals surface area (Å²) in [7, 11) is 2.08. The summed E-state index contributed by atoms with van der Waals surface area (Å²) in [6, 6.07) is 7.51. The van der Waals surface area contributed by atoms with Crippen LogP contribution in [0.2, 0.25) is 0 Å². The van der Waals surface area contributed by atoms with E-state index < -0.39 is 0 Å². The molecule has 0 amide bonds. The van der Waals surface area contributed by atoms with E-state index in [1.165, 1.54) is 36.1 Å². The molecule has 1 aromatic carbocycles. The lowest BCUT2D eigenvalue weighted by Gasteiger charge is -2.34. The first-order valence-electron chi connectivity index (χ1n) is 10.7. The van der Waals surface area contributed by atoms with Crippen molar-refractivity contribution in [3.8, 4) is 0 Å². The molecule has 1 unspecified atom stereocenters. The minimum Gasteiger partial charge on any atom is -0.297 e. The zero-order chi connectivity index (χ0) is 19.7. The molecule has 1 saturated carbocycles. The second-order valence-electron chi connectivity index (χ2n) is 8.95. The Kier molecular flexibility index (Phi) is 5.83. The Morgan fingerprint density at radius 3 is 2.54 bits per heavy atom. The van der Waals surface area contributed by atoms with E-state index in [-0.39, 0.29) is 5.82 Å². The second-order valence-corrected chi connectivity index (χ2v) is 8.95. The summed E-state index contributed by atoms with van der Waals surface area (Å²) in [5, 5.41) is 4.55. The minimum absolute atomic E-state index is 0.158. The van der Waals surface area contributed by atoms with Crippen LogP contribution in [0.25, 0.3) is 0 Å². The number of aromatic nitrogens is 2. The van der Waals surface area contributed by atoms with Gasteiger partial charge in [-0.05, 0) is 49.4 Å². The highest BCUT2D eigenvalue weighted by atomic mass is 19.1. The van der Waals surface area contributed by atoms with E-state index in [2.05, 4.69) is 46.7 Å². The highest BCUT2D eigenvalue weighted by Crippen LogP contribution is 2.41. The van der Waals surface area contributed by atoms with E-state index in [1.54, 1.807) is 12.1 Å². The molecule has 2 fully saturated rings. The van der Waals surface area contributed by atoms with E-state index in [9.17, 15) is 4.39 Å².